The average molecular weight is 546 g/mol. The first kappa shape index (κ1) is 26.5. The third kappa shape index (κ3) is 6.29. The van der Waals surface area contributed by atoms with E-state index in [1.165, 1.54) is 34.9 Å². The molecule has 0 atom stereocenters. The molecule has 2 aromatic heterocycles. The zero-order valence-corrected chi connectivity index (χ0v) is 21.1. The number of carbonyl (C=O) groups excluding carboxylic acids is 1. The number of ether oxygens (including phenoxy) is 2. The SMILES string of the molecule is O=C(Oc1ccc([N+](=O)[O-])cc1)O[C@H]1CC[C@H](Nc2ncc(F)c(-c3cccc(-n4ccccc4=O)c3)n2)CC1. The van der Waals surface area contributed by atoms with Gasteiger partial charge in [-0.3, -0.25) is 19.5 Å². The van der Waals surface area contributed by atoms with Crippen LogP contribution in [0.3, 0.4) is 0 Å². The predicted molar refractivity (Wildman–Crippen MR) is 143 cm³/mol. The van der Waals surface area contributed by atoms with Crippen molar-refractivity contribution in [3.05, 3.63) is 105 Å². The molecule has 5 rings (SSSR count). The van der Waals surface area contributed by atoms with Gasteiger partial charge in [-0.05, 0) is 56.0 Å². The smallest absolute Gasteiger partial charge is 0.431 e. The Hall–Kier alpha value is -5.13. The number of halogens is 1. The van der Waals surface area contributed by atoms with Crippen LogP contribution in [-0.2, 0) is 4.74 Å². The Labute approximate surface area is 227 Å². The minimum Gasteiger partial charge on any atom is -0.431 e. The molecule has 4 aromatic rings. The molecule has 1 saturated carbocycles. The highest BCUT2D eigenvalue weighted by Crippen LogP contribution is 2.27. The van der Waals surface area contributed by atoms with Crippen molar-refractivity contribution in [3.63, 3.8) is 0 Å². The fourth-order valence-corrected chi connectivity index (χ4v) is 4.48. The van der Waals surface area contributed by atoms with Gasteiger partial charge in [0.05, 0.1) is 11.1 Å². The standard InChI is InChI=1S/C28H24FN5O6/c29-24-17-30-27(32-26(24)18-4-3-5-21(16-18)33-15-2-1-6-25(33)35)31-19-7-11-22(12-8-19)39-28(36)40-23-13-9-20(10-14-23)34(37)38/h1-6,9-10,13-17,19,22H,7-8,11-12H2,(H,30,31,32)/t19-,22-. The van der Waals surface area contributed by atoms with Gasteiger partial charge in [-0.15, -0.1) is 0 Å². The van der Waals surface area contributed by atoms with Crippen LogP contribution < -0.4 is 15.6 Å². The second-order valence-corrected chi connectivity index (χ2v) is 9.19. The molecule has 0 amide bonds. The lowest BCUT2D eigenvalue weighted by Gasteiger charge is -2.28. The number of anilines is 1. The van der Waals surface area contributed by atoms with E-state index in [9.17, 15) is 24.1 Å². The minimum absolute atomic E-state index is 0.0157. The summed E-state index contributed by atoms with van der Waals surface area (Å²) < 4.78 is 26.7. The van der Waals surface area contributed by atoms with Gasteiger partial charge in [0, 0.05) is 41.7 Å². The summed E-state index contributed by atoms with van der Waals surface area (Å²) in [6, 6.07) is 16.8. The molecular formula is C28H24FN5O6. The van der Waals surface area contributed by atoms with E-state index in [1.807, 2.05) is 0 Å². The zero-order valence-electron chi connectivity index (χ0n) is 21.1. The van der Waals surface area contributed by atoms with Gasteiger partial charge in [0.2, 0.25) is 5.95 Å². The van der Waals surface area contributed by atoms with E-state index in [4.69, 9.17) is 9.47 Å². The highest BCUT2D eigenvalue weighted by atomic mass is 19.1. The molecule has 2 heterocycles. The third-order valence-corrected chi connectivity index (χ3v) is 6.48. The van der Waals surface area contributed by atoms with Crippen molar-refractivity contribution in [2.45, 2.75) is 37.8 Å². The highest BCUT2D eigenvalue weighted by molar-refractivity contribution is 5.65. The molecule has 1 fully saturated rings. The molecule has 0 aliphatic heterocycles. The van der Waals surface area contributed by atoms with Crippen LogP contribution in [0.2, 0.25) is 0 Å². The highest BCUT2D eigenvalue weighted by Gasteiger charge is 2.25. The number of aromatic nitrogens is 3. The van der Waals surface area contributed by atoms with E-state index in [1.54, 1.807) is 42.6 Å². The number of nitro benzene ring substituents is 1. The molecular weight excluding hydrogens is 521 g/mol. The first-order valence-corrected chi connectivity index (χ1v) is 12.6. The van der Waals surface area contributed by atoms with E-state index in [0.717, 1.165) is 6.20 Å². The molecule has 1 aliphatic carbocycles. The fraction of sp³-hybridized carbons (Fsp3) is 0.214. The Balaban J connectivity index is 1.18. The molecule has 11 nitrogen and oxygen atoms in total. The van der Waals surface area contributed by atoms with E-state index in [-0.39, 0.29) is 40.8 Å². The van der Waals surface area contributed by atoms with Gasteiger partial charge in [-0.1, -0.05) is 18.2 Å². The predicted octanol–water partition coefficient (Wildman–Crippen LogP) is 5.28. The van der Waals surface area contributed by atoms with Crippen LogP contribution in [0.5, 0.6) is 5.75 Å². The summed E-state index contributed by atoms with van der Waals surface area (Å²) in [7, 11) is 0. The van der Waals surface area contributed by atoms with E-state index in [0.29, 0.717) is 36.9 Å². The fourth-order valence-electron chi connectivity index (χ4n) is 4.48. The van der Waals surface area contributed by atoms with Gasteiger partial charge in [-0.25, -0.2) is 19.2 Å². The number of carbonyl (C=O) groups is 1. The van der Waals surface area contributed by atoms with Crippen molar-refractivity contribution in [1.82, 2.24) is 14.5 Å². The molecule has 0 saturated heterocycles. The lowest BCUT2D eigenvalue weighted by atomic mass is 9.93. The zero-order chi connectivity index (χ0) is 28.1. The first-order chi connectivity index (χ1) is 19.4. The maximum atomic E-state index is 14.7. The lowest BCUT2D eigenvalue weighted by molar-refractivity contribution is -0.384. The summed E-state index contributed by atoms with van der Waals surface area (Å²) in [6.07, 6.45) is 3.95. The maximum Gasteiger partial charge on any atom is 0.514 e. The van der Waals surface area contributed by atoms with Crippen LogP contribution in [0.4, 0.5) is 20.8 Å². The number of non-ortho nitro benzene ring substituents is 1. The number of hydrogen-bond acceptors (Lipinski definition) is 9. The van der Waals surface area contributed by atoms with Gasteiger partial charge >= 0.3 is 6.16 Å². The Bertz CT molecular complexity index is 1580. The number of rotatable bonds is 7. The van der Waals surface area contributed by atoms with Crippen molar-refractivity contribution in [3.8, 4) is 22.7 Å². The molecule has 1 aliphatic rings. The molecule has 204 valence electrons. The van der Waals surface area contributed by atoms with Crippen molar-refractivity contribution in [2.24, 2.45) is 0 Å². The van der Waals surface area contributed by atoms with Crippen LogP contribution >= 0.6 is 0 Å². The quantitative estimate of drug-likeness (QED) is 0.142. The molecule has 40 heavy (non-hydrogen) atoms. The van der Waals surface area contributed by atoms with Crippen LogP contribution in [0.1, 0.15) is 25.7 Å². The van der Waals surface area contributed by atoms with Crippen LogP contribution in [0.25, 0.3) is 16.9 Å². The summed E-state index contributed by atoms with van der Waals surface area (Å²) >= 11 is 0. The Kier molecular flexibility index (Phi) is 7.76. The Morgan fingerprint density at radius 2 is 1.82 bits per heavy atom. The molecule has 0 bridgehead atoms. The Morgan fingerprint density at radius 1 is 1.05 bits per heavy atom. The normalized spacial score (nSPS) is 16.6. The molecule has 2 aromatic carbocycles. The van der Waals surface area contributed by atoms with Crippen LogP contribution in [0.15, 0.2) is 83.9 Å². The topological polar surface area (TPSA) is 138 Å². The Morgan fingerprint density at radius 3 is 2.55 bits per heavy atom. The number of pyridine rings is 1. The monoisotopic (exact) mass is 545 g/mol. The van der Waals surface area contributed by atoms with Crippen molar-refractivity contribution in [1.29, 1.82) is 0 Å². The molecule has 0 unspecified atom stereocenters. The molecule has 0 spiro atoms. The van der Waals surface area contributed by atoms with E-state index >= 15 is 0 Å². The van der Waals surface area contributed by atoms with Gasteiger partial charge < -0.3 is 14.8 Å². The summed E-state index contributed by atoms with van der Waals surface area (Å²) in [5.41, 5.74) is 0.876. The van der Waals surface area contributed by atoms with E-state index in [2.05, 4.69) is 15.3 Å². The first-order valence-electron chi connectivity index (χ1n) is 12.6. The number of benzene rings is 2. The maximum absolute atomic E-state index is 14.7. The van der Waals surface area contributed by atoms with E-state index < -0.39 is 16.9 Å². The number of nitro groups is 1. The summed E-state index contributed by atoms with van der Waals surface area (Å²) in [6.45, 7) is 0. The van der Waals surface area contributed by atoms with Crippen LogP contribution in [0, 0.1) is 15.9 Å². The number of nitrogens with zero attached hydrogens (tertiary/aromatic N) is 4. The van der Waals surface area contributed by atoms with Gasteiger partial charge in [0.15, 0.2) is 5.82 Å². The second kappa shape index (κ2) is 11.7. The summed E-state index contributed by atoms with van der Waals surface area (Å²) in [5.74, 6) is -0.177. The summed E-state index contributed by atoms with van der Waals surface area (Å²) in [4.78, 5) is 43.0. The average Bonchev–Trinajstić information content (AvgIpc) is 2.96. The number of hydrogen-bond donors (Lipinski definition) is 1. The number of nitrogens with one attached hydrogen (secondary N) is 1. The summed E-state index contributed by atoms with van der Waals surface area (Å²) in [5, 5.41) is 14.0. The molecule has 1 N–H and O–H groups in total. The third-order valence-electron chi connectivity index (χ3n) is 6.48. The van der Waals surface area contributed by atoms with Crippen molar-refractivity contribution in [2.75, 3.05) is 5.32 Å². The second-order valence-electron chi connectivity index (χ2n) is 9.19. The minimum atomic E-state index is -0.878. The molecule has 12 heteroatoms. The largest absolute Gasteiger partial charge is 0.514 e. The van der Waals surface area contributed by atoms with Crippen LogP contribution in [-0.4, -0.2) is 37.8 Å². The lowest BCUT2D eigenvalue weighted by Crippen LogP contribution is -2.32. The van der Waals surface area contributed by atoms with Gasteiger partial charge in [-0.2, -0.15) is 0 Å². The van der Waals surface area contributed by atoms with Gasteiger partial charge in [0.25, 0.3) is 11.2 Å². The van der Waals surface area contributed by atoms with Gasteiger partial charge in [0.1, 0.15) is 17.5 Å². The molecule has 0 radical (unpaired) electrons. The van der Waals surface area contributed by atoms with Crippen molar-refractivity contribution < 1.29 is 23.6 Å². The van der Waals surface area contributed by atoms with Crippen molar-refractivity contribution >= 4 is 17.8 Å².